The number of alkyl halides is 1. The molecule has 1 aromatic carbocycles. The fraction of sp³-hybridized carbons (Fsp3) is 0.125. The van der Waals surface area contributed by atoms with Crippen LogP contribution in [0.2, 0.25) is 5.02 Å². The van der Waals surface area contributed by atoms with E-state index >= 15 is 0 Å². The zero-order valence-electron chi connectivity index (χ0n) is 6.09. The summed E-state index contributed by atoms with van der Waals surface area (Å²) in [5, 5.41) is 0.523. The Kier molecular flexibility index (Phi) is 3.38. The van der Waals surface area contributed by atoms with Crippen molar-refractivity contribution in [2.24, 2.45) is 0 Å². The third kappa shape index (κ3) is 2.72. The number of hydrogen-bond donors (Lipinski definition) is 0. The third-order valence-electron chi connectivity index (χ3n) is 1.14. The van der Waals surface area contributed by atoms with Crippen LogP contribution in [0.1, 0.15) is 0 Å². The number of halogens is 2. The van der Waals surface area contributed by atoms with Crippen molar-refractivity contribution < 1.29 is 9.53 Å². The summed E-state index contributed by atoms with van der Waals surface area (Å²) in [7, 11) is 0. The lowest BCUT2D eigenvalue weighted by atomic mass is 10.3. The molecule has 0 unspecified atom stereocenters. The summed E-state index contributed by atoms with van der Waals surface area (Å²) in [6, 6.07) is 6.57. The highest BCUT2D eigenvalue weighted by atomic mass is 35.5. The zero-order valence-corrected chi connectivity index (χ0v) is 7.60. The number of benzene rings is 1. The normalized spacial score (nSPS) is 9.50. The number of carbonyl (C=O) groups excluding carboxylic acids is 1. The lowest BCUT2D eigenvalue weighted by Crippen LogP contribution is -2.08. The molecule has 0 aliphatic heterocycles. The zero-order chi connectivity index (χ0) is 8.97. The summed E-state index contributed by atoms with van der Waals surface area (Å²) in [6.07, 6.45) is 0. The Hall–Kier alpha value is -0.730. The van der Waals surface area contributed by atoms with E-state index < -0.39 is 5.97 Å². The van der Waals surface area contributed by atoms with E-state index in [-0.39, 0.29) is 5.88 Å². The van der Waals surface area contributed by atoms with Crippen LogP contribution < -0.4 is 4.74 Å². The minimum Gasteiger partial charge on any atom is -0.426 e. The molecule has 0 heterocycles. The van der Waals surface area contributed by atoms with Gasteiger partial charge in [-0.3, -0.25) is 4.79 Å². The second-order valence-electron chi connectivity index (χ2n) is 2.07. The van der Waals surface area contributed by atoms with Gasteiger partial charge in [0.15, 0.2) is 0 Å². The monoisotopic (exact) mass is 204 g/mol. The average molecular weight is 205 g/mol. The summed E-state index contributed by atoms with van der Waals surface area (Å²) in [6.45, 7) is 0. The summed E-state index contributed by atoms with van der Waals surface area (Å²) < 4.78 is 4.79. The van der Waals surface area contributed by atoms with Gasteiger partial charge in [-0.05, 0) is 18.2 Å². The largest absolute Gasteiger partial charge is 0.426 e. The van der Waals surface area contributed by atoms with Crippen molar-refractivity contribution in [1.82, 2.24) is 0 Å². The molecule has 0 radical (unpaired) electrons. The molecule has 0 aliphatic carbocycles. The maximum atomic E-state index is 10.7. The first kappa shape index (κ1) is 9.36. The first-order valence-electron chi connectivity index (χ1n) is 3.24. The molecule has 4 heteroatoms. The molecule has 1 rings (SSSR count). The van der Waals surface area contributed by atoms with E-state index in [1.54, 1.807) is 24.3 Å². The van der Waals surface area contributed by atoms with Gasteiger partial charge in [0.05, 0.1) is 0 Å². The second-order valence-corrected chi connectivity index (χ2v) is 2.77. The fourth-order valence-electron chi connectivity index (χ4n) is 0.689. The van der Waals surface area contributed by atoms with Gasteiger partial charge < -0.3 is 4.74 Å². The van der Waals surface area contributed by atoms with Gasteiger partial charge in [-0.2, -0.15) is 0 Å². The van der Waals surface area contributed by atoms with E-state index in [2.05, 4.69) is 0 Å². The van der Waals surface area contributed by atoms with Crippen molar-refractivity contribution in [3.8, 4) is 5.75 Å². The van der Waals surface area contributed by atoms with Gasteiger partial charge in [-0.1, -0.05) is 17.7 Å². The van der Waals surface area contributed by atoms with E-state index in [1.807, 2.05) is 0 Å². The molecule has 0 fully saturated rings. The molecular formula is C8H6Cl2O2. The molecule has 0 aromatic heterocycles. The smallest absolute Gasteiger partial charge is 0.326 e. The van der Waals surface area contributed by atoms with Crippen LogP contribution in [0, 0.1) is 0 Å². The molecule has 0 spiro atoms. The molecule has 0 saturated carbocycles. The number of ether oxygens (including phenoxy) is 1. The van der Waals surface area contributed by atoms with Crippen molar-refractivity contribution in [2.75, 3.05) is 5.88 Å². The lowest BCUT2D eigenvalue weighted by molar-refractivity contribution is -0.131. The summed E-state index contributed by atoms with van der Waals surface area (Å²) >= 11 is 10.9. The van der Waals surface area contributed by atoms with E-state index in [9.17, 15) is 4.79 Å². The highest BCUT2D eigenvalue weighted by Gasteiger charge is 2.01. The molecular weight excluding hydrogens is 199 g/mol. The molecule has 0 amide bonds. The van der Waals surface area contributed by atoms with Crippen molar-refractivity contribution in [2.45, 2.75) is 0 Å². The Morgan fingerprint density at radius 3 is 2.83 bits per heavy atom. The maximum Gasteiger partial charge on any atom is 0.326 e. The van der Waals surface area contributed by atoms with Gasteiger partial charge in [-0.25, -0.2) is 0 Å². The van der Waals surface area contributed by atoms with Crippen molar-refractivity contribution in [1.29, 1.82) is 0 Å². The number of esters is 1. The van der Waals surface area contributed by atoms with Crippen LogP contribution >= 0.6 is 23.2 Å². The maximum absolute atomic E-state index is 10.7. The number of carbonyl (C=O) groups is 1. The first-order valence-corrected chi connectivity index (χ1v) is 4.16. The highest BCUT2D eigenvalue weighted by Crippen LogP contribution is 2.17. The molecule has 0 N–H and O–H groups in total. The van der Waals surface area contributed by atoms with Crippen molar-refractivity contribution in [3.63, 3.8) is 0 Å². The first-order chi connectivity index (χ1) is 5.72. The van der Waals surface area contributed by atoms with Gasteiger partial charge in [0.25, 0.3) is 0 Å². The van der Waals surface area contributed by atoms with E-state index in [0.29, 0.717) is 10.8 Å². The van der Waals surface area contributed by atoms with Crippen LogP contribution in [-0.4, -0.2) is 11.8 Å². The van der Waals surface area contributed by atoms with Crippen LogP contribution in [-0.2, 0) is 4.79 Å². The third-order valence-corrected chi connectivity index (χ3v) is 1.59. The van der Waals surface area contributed by atoms with Gasteiger partial charge in [0.1, 0.15) is 11.6 Å². The Bertz CT molecular complexity index is 286. The Balaban J connectivity index is 2.69. The van der Waals surface area contributed by atoms with E-state index in [0.717, 1.165) is 0 Å². The van der Waals surface area contributed by atoms with E-state index in [4.69, 9.17) is 27.9 Å². The predicted molar refractivity (Wildman–Crippen MR) is 47.8 cm³/mol. The topological polar surface area (TPSA) is 26.3 Å². The Labute approximate surface area is 80.0 Å². The molecule has 0 saturated heterocycles. The number of rotatable bonds is 2. The van der Waals surface area contributed by atoms with Crippen molar-refractivity contribution >= 4 is 29.2 Å². The van der Waals surface area contributed by atoms with Crippen LogP contribution in [0.25, 0.3) is 0 Å². The molecule has 0 bridgehead atoms. The van der Waals surface area contributed by atoms with Gasteiger partial charge >= 0.3 is 5.97 Å². The standard InChI is InChI=1S/C8H6Cl2O2/c9-5-8(11)12-7-3-1-2-6(10)4-7/h1-4H,5H2. The molecule has 0 atom stereocenters. The van der Waals surface area contributed by atoms with Crippen molar-refractivity contribution in [3.05, 3.63) is 29.3 Å². The summed E-state index contributed by atoms with van der Waals surface area (Å²) in [5.41, 5.74) is 0. The minimum atomic E-state index is -0.487. The van der Waals surface area contributed by atoms with Crippen LogP contribution in [0.3, 0.4) is 0 Å². The summed E-state index contributed by atoms with van der Waals surface area (Å²) in [5.74, 6) is -0.237. The molecule has 12 heavy (non-hydrogen) atoms. The average Bonchev–Trinajstić information content (AvgIpc) is 2.04. The van der Waals surface area contributed by atoms with Crippen LogP contribution in [0.5, 0.6) is 5.75 Å². The minimum absolute atomic E-state index is 0.160. The number of hydrogen-bond acceptors (Lipinski definition) is 2. The quantitative estimate of drug-likeness (QED) is 0.421. The predicted octanol–water partition coefficient (Wildman–Crippen LogP) is 2.48. The summed E-state index contributed by atoms with van der Waals surface area (Å²) in [4.78, 5) is 10.7. The Morgan fingerprint density at radius 2 is 2.25 bits per heavy atom. The second kappa shape index (κ2) is 4.33. The highest BCUT2D eigenvalue weighted by molar-refractivity contribution is 6.30. The van der Waals surface area contributed by atoms with Crippen LogP contribution in [0.15, 0.2) is 24.3 Å². The van der Waals surface area contributed by atoms with Gasteiger partial charge in [-0.15, -0.1) is 11.6 Å². The Morgan fingerprint density at radius 1 is 1.50 bits per heavy atom. The fourth-order valence-corrected chi connectivity index (χ4v) is 0.924. The molecule has 64 valence electrons. The molecule has 0 aliphatic rings. The molecule has 2 nitrogen and oxygen atoms in total. The molecule has 1 aromatic rings. The van der Waals surface area contributed by atoms with Gasteiger partial charge in [0.2, 0.25) is 0 Å². The van der Waals surface area contributed by atoms with Gasteiger partial charge in [0, 0.05) is 5.02 Å². The lowest BCUT2D eigenvalue weighted by Gasteiger charge is -2.00. The van der Waals surface area contributed by atoms with E-state index in [1.165, 1.54) is 0 Å². The van der Waals surface area contributed by atoms with Crippen LogP contribution in [0.4, 0.5) is 0 Å². The SMILES string of the molecule is O=C(CCl)Oc1cccc(Cl)c1.